The molecule has 0 radical (unpaired) electrons. The first-order valence-electron chi connectivity index (χ1n) is 10.2. The number of rotatable bonds is 6. The zero-order valence-corrected chi connectivity index (χ0v) is 18.1. The molecule has 3 heterocycles. The third-order valence-electron chi connectivity index (χ3n) is 5.71. The average molecular weight is 414 g/mol. The highest BCUT2D eigenvalue weighted by Crippen LogP contribution is 2.37. The monoisotopic (exact) mass is 413 g/mol. The lowest BCUT2D eigenvalue weighted by Crippen LogP contribution is -2.16. The van der Waals surface area contributed by atoms with Gasteiger partial charge in [0.2, 0.25) is 0 Å². The Kier molecular flexibility index (Phi) is 5.07. The van der Waals surface area contributed by atoms with Crippen LogP contribution in [-0.2, 0) is 19.2 Å². The molecule has 2 N–H and O–H groups in total. The number of allylic oxidation sites excluding steroid dienone is 4. The van der Waals surface area contributed by atoms with Crippen molar-refractivity contribution in [2.45, 2.75) is 26.0 Å². The molecular formula is C26H27N3O2. The molecule has 0 aliphatic carbocycles. The molecule has 0 bridgehead atoms. The van der Waals surface area contributed by atoms with Crippen LogP contribution in [0.5, 0.6) is 0 Å². The molecule has 0 unspecified atom stereocenters. The van der Waals surface area contributed by atoms with E-state index in [0.29, 0.717) is 12.1 Å². The maximum Gasteiger partial charge on any atom is 0.272 e. The Morgan fingerprint density at radius 2 is 2.00 bits per heavy atom. The lowest BCUT2D eigenvalue weighted by atomic mass is 9.91. The average Bonchev–Trinajstić information content (AvgIpc) is 3.28. The van der Waals surface area contributed by atoms with Crippen molar-refractivity contribution in [3.63, 3.8) is 0 Å². The van der Waals surface area contributed by atoms with Gasteiger partial charge in [-0.3, -0.25) is 4.79 Å². The van der Waals surface area contributed by atoms with Gasteiger partial charge in [0.1, 0.15) is 5.52 Å². The molecule has 0 aliphatic heterocycles. The number of aromatic nitrogens is 3. The van der Waals surface area contributed by atoms with E-state index in [0.717, 1.165) is 38.6 Å². The lowest BCUT2D eigenvalue weighted by molar-refractivity contribution is 0.0802. The first-order chi connectivity index (χ1) is 14.7. The Balaban J connectivity index is 2.01. The largest absolute Gasteiger partial charge is 0.386 e. The van der Waals surface area contributed by atoms with E-state index in [-0.39, 0.29) is 5.56 Å². The fourth-order valence-corrected chi connectivity index (χ4v) is 4.22. The minimum Gasteiger partial charge on any atom is -0.386 e. The Morgan fingerprint density at radius 1 is 1.23 bits per heavy atom. The summed E-state index contributed by atoms with van der Waals surface area (Å²) < 4.78 is 3.99. The summed E-state index contributed by atoms with van der Waals surface area (Å²) in [4.78, 5) is 15.1. The van der Waals surface area contributed by atoms with Crippen LogP contribution in [0.25, 0.3) is 32.9 Å². The van der Waals surface area contributed by atoms with Crippen LogP contribution >= 0.6 is 0 Å². The summed E-state index contributed by atoms with van der Waals surface area (Å²) in [7, 11) is 1.87. The highest BCUT2D eigenvalue weighted by atomic mass is 16.3. The molecule has 3 aromatic heterocycles. The van der Waals surface area contributed by atoms with Crippen molar-refractivity contribution in [1.82, 2.24) is 14.1 Å². The molecule has 158 valence electrons. The number of hydrogen-bond acceptors (Lipinski definition) is 2. The predicted molar refractivity (Wildman–Crippen MR) is 128 cm³/mol. The van der Waals surface area contributed by atoms with Crippen LogP contribution in [0.3, 0.4) is 0 Å². The zero-order chi connectivity index (χ0) is 22.3. The molecule has 1 aromatic carbocycles. The van der Waals surface area contributed by atoms with Gasteiger partial charge in [0.25, 0.3) is 5.56 Å². The predicted octanol–water partition coefficient (Wildman–Crippen LogP) is 5.01. The second-order valence-corrected chi connectivity index (χ2v) is 8.36. The van der Waals surface area contributed by atoms with E-state index in [4.69, 9.17) is 0 Å². The Hall–Kier alpha value is -3.57. The summed E-state index contributed by atoms with van der Waals surface area (Å²) >= 11 is 0. The smallest absolute Gasteiger partial charge is 0.272 e. The highest BCUT2D eigenvalue weighted by Gasteiger charge is 2.23. The SMILES string of the molecule is C=C/C=C(\C=C)Cn1ccc2c(C(C)(C)O)cc(-c3cn(C)c4c(=O)[nH]ccc34)cc21. The second-order valence-electron chi connectivity index (χ2n) is 8.36. The van der Waals surface area contributed by atoms with Crippen LogP contribution < -0.4 is 5.56 Å². The van der Waals surface area contributed by atoms with E-state index in [9.17, 15) is 9.90 Å². The third kappa shape index (κ3) is 3.57. The van der Waals surface area contributed by atoms with Gasteiger partial charge in [0.15, 0.2) is 0 Å². The van der Waals surface area contributed by atoms with Gasteiger partial charge in [-0.2, -0.15) is 0 Å². The number of H-pyrrole nitrogens is 1. The first kappa shape index (κ1) is 20.7. The van der Waals surface area contributed by atoms with Crippen molar-refractivity contribution in [3.8, 4) is 11.1 Å². The van der Waals surface area contributed by atoms with Crippen LogP contribution in [0.4, 0.5) is 0 Å². The van der Waals surface area contributed by atoms with Crippen molar-refractivity contribution in [3.05, 3.63) is 95.7 Å². The van der Waals surface area contributed by atoms with Crippen molar-refractivity contribution in [1.29, 1.82) is 0 Å². The van der Waals surface area contributed by atoms with Crippen LogP contribution in [0.15, 0.2) is 84.6 Å². The van der Waals surface area contributed by atoms with E-state index in [1.165, 1.54) is 0 Å². The number of aromatic amines is 1. The topological polar surface area (TPSA) is 62.9 Å². The number of benzene rings is 1. The molecule has 0 spiro atoms. The summed E-state index contributed by atoms with van der Waals surface area (Å²) in [5, 5.41) is 12.8. The van der Waals surface area contributed by atoms with Crippen LogP contribution in [0, 0.1) is 0 Å². The molecule has 0 amide bonds. The quantitative estimate of drug-likeness (QED) is 0.436. The number of nitrogens with one attached hydrogen (secondary N) is 1. The molecule has 5 heteroatoms. The molecular weight excluding hydrogens is 386 g/mol. The van der Waals surface area contributed by atoms with Crippen molar-refractivity contribution in [2.75, 3.05) is 0 Å². The third-order valence-corrected chi connectivity index (χ3v) is 5.71. The zero-order valence-electron chi connectivity index (χ0n) is 18.1. The maximum absolute atomic E-state index is 12.4. The van der Waals surface area contributed by atoms with Gasteiger partial charge in [-0.25, -0.2) is 0 Å². The number of aliphatic hydroxyl groups is 1. The molecule has 0 fully saturated rings. The van der Waals surface area contributed by atoms with Crippen LogP contribution in [-0.4, -0.2) is 19.2 Å². The van der Waals surface area contributed by atoms with E-state index < -0.39 is 5.60 Å². The second kappa shape index (κ2) is 7.60. The van der Waals surface area contributed by atoms with Crippen molar-refractivity contribution < 1.29 is 5.11 Å². The molecule has 0 aliphatic rings. The summed E-state index contributed by atoms with van der Waals surface area (Å²) in [6.07, 6.45) is 11.2. The molecule has 0 atom stereocenters. The molecule has 4 aromatic rings. The standard InChI is InChI=1S/C26H27N3O2/c1-6-8-17(7-2)15-29-12-10-20-22(26(3,4)31)13-18(14-23(20)29)21-16-28(5)24-19(21)9-11-27-25(24)30/h6-14,16,31H,1-2,15H2,3-5H3,(H,27,30)/b17-8+. The summed E-state index contributed by atoms with van der Waals surface area (Å²) in [5.41, 5.74) is 4.27. The van der Waals surface area contributed by atoms with Crippen LogP contribution in [0.1, 0.15) is 19.4 Å². The van der Waals surface area contributed by atoms with Crippen LogP contribution in [0.2, 0.25) is 0 Å². The first-order valence-corrected chi connectivity index (χ1v) is 10.2. The minimum atomic E-state index is -1.03. The summed E-state index contributed by atoms with van der Waals surface area (Å²) in [5.74, 6) is 0. The van der Waals surface area contributed by atoms with Crippen molar-refractivity contribution in [2.24, 2.45) is 7.05 Å². The van der Waals surface area contributed by atoms with Gasteiger partial charge in [-0.1, -0.05) is 31.4 Å². The van der Waals surface area contributed by atoms with E-state index in [1.54, 1.807) is 26.1 Å². The van der Waals surface area contributed by atoms with Gasteiger partial charge in [-0.15, -0.1) is 0 Å². The lowest BCUT2D eigenvalue weighted by Gasteiger charge is -2.21. The summed E-state index contributed by atoms with van der Waals surface area (Å²) in [6.45, 7) is 11.9. The van der Waals surface area contributed by atoms with Gasteiger partial charge in [0.05, 0.1) is 5.60 Å². The number of pyridine rings is 1. The molecule has 0 saturated heterocycles. The fraction of sp³-hybridized carbons (Fsp3) is 0.192. The number of fused-ring (bicyclic) bond motifs is 2. The maximum atomic E-state index is 12.4. The van der Waals surface area contributed by atoms with Gasteiger partial charge in [-0.05, 0) is 54.8 Å². The highest BCUT2D eigenvalue weighted by molar-refractivity contribution is 5.99. The minimum absolute atomic E-state index is 0.122. The Bertz CT molecular complexity index is 1400. The van der Waals surface area contributed by atoms with E-state index in [2.05, 4.69) is 28.8 Å². The number of hydrogen-bond donors (Lipinski definition) is 2. The van der Waals surface area contributed by atoms with Gasteiger partial charge >= 0.3 is 0 Å². The number of nitrogens with zero attached hydrogens (tertiary/aromatic N) is 2. The van der Waals surface area contributed by atoms with Crippen molar-refractivity contribution >= 4 is 21.8 Å². The molecule has 5 nitrogen and oxygen atoms in total. The molecule has 4 rings (SSSR count). The molecule has 0 saturated carbocycles. The van der Waals surface area contributed by atoms with Gasteiger partial charge in [0, 0.05) is 54.0 Å². The summed E-state index contributed by atoms with van der Waals surface area (Å²) in [6, 6.07) is 8.10. The molecule has 31 heavy (non-hydrogen) atoms. The number of aryl methyl sites for hydroxylation is 1. The van der Waals surface area contributed by atoms with E-state index in [1.807, 2.05) is 54.4 Å². The van der Waals surface area contributed by atoms with Gasteiger partial charge < -0.3 is 19.2 Å². The Labute approximate surface area is 181 Å². The fourth-order valence-electron chi connectivity index (χ4n) is 4.22. The Morgan fingerprint density at radius 3 is 2.68 bits per heavy atom. The van der Waals surface area contributed by atoms with E-state index >= 15 is 0 Å². The normalized spacial score (nSPS) is 12.6.